The fourth-order valence-electron chi connectivity index (χ4n) is 3.47. The van der Waals surface area contributed by atoms with Crippen LogP contribution >= 0.6 is 0 Å². The summed E-state index contributed by atoms with van der Waals surface area (Å²) in [6.07, 6.45) is 4.41. The molecule has 2 heterocycles. The Bertz CT molecular complexity index is 869. The second kappa shape index (κ2) is 8.25. The molecule has 0 spiro atoms. The number of rotatable bonds is 5. The fourth-order valence-corrected chi connectivity index (χ4v) is 3.47. The molecule has 2 aliphatic rings. The maximum atomic E-state index is 5.47. The number of anilines is 1. The van der Waals surface area contributed by atoms with E-state index in [0.29, 0.717) is 6.79 Å². The van der Waals surface area contributed by atoms with Crippen molar-refractivity contribution in [3.63, 3.8) is 0 Å². The Morgan fingerprint density at radius 2 is 1.75 bits per heavy atom. The quantitative estimate of drug-likeness (QED) is 0.492. The minimum absolute atomic E-state index is 0.297. The monoisotopic (exact) mass is 378 g/mol. The van der Waals surface area contributed by atoms with Crippen LogP contribution in [0.4, 0.5) is 5.69 Å². The van der Waals surface area contributed by atoms with Crippen molar-refractivity contribution in [1.82, 2.24) is 10.2 Å². The number of fused-ring (bicyclic) bond motifs is 1. The van der Waals surface area contributed by atoms with Gasteiger partial charge in [-0.15, -0.1) is 0 Å². The molecule has 28 heavy (non-hydrogen) atoms. The highest BCUT2D eigenvalue weighted by Crippen LogP contribution is 2.32. The number of ether oxygens (including phenoxy) is 2. The lowest BCUT2D eigenvalue weighted by Gasteiger charge is -2.22. The first-order valence-corrected chi connectivity index (χ1v) is 9.52. The standard InChI is InChI=1S/C22H26N4O2/c1-23-22(25(2)15-18-7-10-20-21(13-18)28-16-27-20)24-14-17-5-8-19(9-6-17)26-11-3-4-12-26/h3-10,13H,11-12,14-16H2,1-2H3,(H,23,24). The van der Waals surface area contributed by atoms with Crippen molar-refractivity contribution in [3.8, 4) is 11.5 Å². The third-order valence-corrected chi connectivity index (χ3v) is 5.00. The van der Waals surface area contributed by atoms with E-state index >= 15 is 0 Å². The van der Waals surface area contributed by atoms with Gasteiger partial charge in [-0.05, 0) is 35.4 Å². The summed E-state index contributed by atoms with van der Waals surface area (Å²) < 4.78 is 10.8. The molecule has 0 radical (unpaired) electrons. The SMILES string of the molecule is CN=C(NCc1ccc(N2CC=CC2)cc1)N(C)Cc1ccc2c(c1)OCO2. The average Bonchev–Trinajstić information content (AvgIpc) is 3.40. The molecule has 0 bridgehead atoms. The van der Waals surface area contributed by atoms with Crippen LogP contribution < -0.4 is 19.7 Å². The number of hydrogen-bond acceptors (Lipinski definition) is 4. The van der Waals surface area contributed by atoms with Gasteiger partial charge in [-0.25, -0.2) is 0 Å². The van der Waals surface area contributed by atoms with E-state index < -0.39 is 0 Å². The number of benzene rings is 2. The maximum absolute atomic E-state index is 5.47. The van der Waals surface area contributed by atoms with Crippen molar-refractivity contribution in [3.05, 3.63) is 65.7 Å². The molecule has 0 saturated heterocycles. The first-order chi connectivity index (χ1) is 13.7. The molecule has 6 nitrogen and oxygen atoms in total. The van der Waals surface area contributed by atoms with Crippen LogP contribution in [-0.4, -0.2) is 44.8 Å². The second-order valence-electron chi connectivity index (χ2n) is 6.99. The van der Waals surface area contributed by atoms with Gasteiger partial charge >= 0.3 is 0 Å². The van der Waals surface area contributed by atoms with Crippen molar-refractivity contribution in [2.45, 2.75) is 13.1 Å². The summed E-state index contributed by atoms with van der Waals surface area (Å²) in [6, 6.07) is 14.8. The number of hydrogen-bond donors (Lipinski definition) is 1. The molecule has 0 atom stereocenters. The van der Waals surface area contributed by atoms with Gasteiger partial charge in [0.1, 0.15) is 0 Å². The molecule has 146 valence electrons. The van der Waals surface area contributed by atoms with Crippen molar-refractivity contribution in [2.24, 2.45) is 4.99 Å². The normalized spacial score (nSPS) is 15.2. The fraction of sp³-hybridized carbons (Fsp3) is 0.318. The molecule has 4 rings (SSSR count). The lowest BCUT2D eigenvalue weighted by atomic mass is 10.2. The van der Waals surface area contributed by atoms with E-state index in [0.717, 1.165) is 49.2 Å². The van der Waals surface area contributed by atoms with E-state index in [-0.39, 0.29) is 0 Å². The Balaban J connectivity index is 1.32. The Labute approximate surface area is 166 Å². The minimum atomic E-state index is 0.297. The zero-order valence-electron chi connectivity index (χ0n) is 16.4. The highest BCUT2D eigenvalue weighted by atomic mass is 16.7. The molecule has 0 aliphatic carbocycles. The van der Waals surface area contributed by atoms with Crippen molar-refractivity contribution in [1.29, 1.82) is 0 Å². The Morgan fingerprint density at radius 3 is 2.50 bits per heavy atom. The van der Waals surface area contributed by atoms with Gasteiger partial charge in [0.25, 0.3) is 0 Å². The number of nitrogens with one attached hydrogen (secondary N) is 1. The van der Waals surface area contributed by atoms with Gasteiger partial charge in [0.2, 0.25) is 6.79 Å². The number of nitrogens with zero attached hydrogens (tertiary/aromatic N) is 3. The topological polar surface area (TPSA) is 49.3 Å². The van der Waals surface area contributed by atoms with Crippen LogP contribution in [-0.2, 0) is 13.1 Å². The predicted molar refractivity (Wildman–Crippen MR) is 112 cm³/mol. The van der Waals surface area contributed by atoms with E-state index in [1.54, 1.807) is 0 Å². The Hall–Kier alpha value is -3.15. The van der Waals surface area contributed by atoms with Gasteiger partial charge < -0.3 is 24.6 Å². The summed E-state index contributed by atoms with van der Waals surface area (Å²) in [4.78, 5) is 8.85. The summed E-state index contributed by atoms with van der Waals surface area (Å²) in [5, 5.41) is 3.44. The predicted octanol–water partition coefficient (Wildman–Crippen LogP) is 3.00. The third kappa shape index (κ3) is 4.06. The largest absolute Gasteiger partial charge is 0.454 e. The van der Waals surface area contributed by atoms with Gasteiger partial charge in [-0.3, -0.25) is 4.99 Å². The zero-order chi connectivity index (χ0) is 19.3. The van der Waals surface area contributed by atoms with Gasteiger partial charge in [-0.2, -0.15) is 0 Å². The first-order valence-electron chi connectivity index (χ1n) is 9.52. The maximum Gasteiger partial charge on any atom is 0.231 e. The molecule has 1 N–H and O–H groups in total. The first kappa shape index (κ1) is 18.2. The summed E-state index contributed by atoms with van der Waals surface area (Å²) in [5.41, 5.74) is 3.64. The van der Waals surface area contributed by atoms with Gasteiger partial charge in [-0.1, -0.05) is 30.4 Å². The molecular weight excluding hydrogens is 352 g/mol. The average molecular weight is 378 g/mol. The van der Waals surface area contributed by atoms with Crippen molar-refractivity contribution >= 4 is 11.6 Å². The second-order valence-corrected chi connectivity index (χ2v) is 6.99. The molecule has 0 unspecified atom stereocenters. The highest BCUT2D eigenvalue weighted by Gasteiger charge is 2.15. The van der Waals surface area contributed by atoms with E-state index in [4.69, 9.17) is 9.47 Å². The van der Waals surface area contributed by atoms with E-state index in [9.17, 15) is 0 Å². The van der Waals surface area contributed by atoms with E-state index in [2.05, 4.69) is 62.6 Å². The molecule has 0 fully saturated rings. The summed E-state index contributed by atoms with van der Waals surface area (Å²) in [5.74, 6) is 2.47. The summed E-state index contributed by atoms with van der Waals surface area (Å²) >= 11 is 0. The molecule has 0 aromatic heterocycles. The summed E-state index contributed by atoms with van der Waals surface area (Å²) in [6.45, 7) is 3.75. The van der Waals surface area contributed by atoms with Crippen molar-refractivity contribution < 1.29 is 9.47 Å². The Kier molecular flexibility index (Phi) is 5.37. The number of aliphatic imine (C=N–C) groups is 1. The number of guanidine groups is 1. The zero-order valence-corrected chi connectivity index (χ0v) is 16.4. The van der Waals surface area contributed by atoms with Crippen LogP contribution in [0.5, 0.6) is 11.5 Å². The molecule has 2 aliphatic heterocycles. The van der Waals surface area contributed by atoms with Crippen molar-refractivity contribution in [2.75, 3.05) is 38.9 Å². The molecule has 0 amide bonds. The summed E-state index contributed by atoms with van der Waals surface area (Å²) in [7, 11) is 3.84. The van der Waals surface area contributed by atoms with E-state index in [1.165, 1.54) is 11.3 Å². The van der Waals surface area contributed by atoms with Crippen LogP contribution in [0.25, 0.3) is 0 Å². The lowest BCUT2D eigenvalue weighted by molar-refractivity contribution is 0.174. The molecule has 6 heteroatoms. The van der Waals surface area contributed by atoms with Crippen LogP contribution in [0, 0.1) is 0 Å². The van der Waals surface area contributed by atoms with E-state index in [1.807, 2.05) is 26.2 Å². The van der Waals surface area contributed by atoms with Crippen LogP contribution in [0.1, 0.15) is 11.1 Å². The minimum Gasteiger partial charge on any atom is -0.454 e. The lowest BCUT2D eigenvalue weighted by Crippen LogP contribution is -2.38. The highest BCUT2D eigenvalue weighted by molar-refractivity contribution is 5.79. The van der Waals surface area contributed by atoms with Gasteiger partial charge in [0.15, 0.2) is 17.5 Å². The smallest absolute Gasteiger partial charge is 0.231 e. The van der Waals surface area contributed by atoms with Gasteiger partial charge in [0, 0.05) is 46.0 Å². The third-order valence-electron chi connectivity index (χ3n) is 5.00. The molecular formula is C22H26N4O2. The molecule has 0 saturated carbocycles. The van der Waals surface area contributed by atoms with Gasteiger partial charge in [0.05, 0.1) is 0 Å². The Morgan fingerprint density at radius 1 is 1.04 bits per heavy atom. The van der Waals surface area contributed by atoms with Crippen LogP contribution in [0.2, 0.25) is 0 Å². The van der Waals surface area contributed by atoms with Crippen LogP contribution in [0.3, 0.4) is 0 Å². The van der Waals surface area contributed by atoms with Crippen LogP contribution in [0.15, 0.2) is 59.6 Å². The molecule has 2 aromatic carbocycles. The molecule has 2 aromatic rings.